The lowest BCUT2D eigenvalue weighted by molar-refractivity contribution is 0.0691. The summed E-state index contributed by atoms with van der Waals surface area (Å²) in [7, 11) is 0. The Bertz CT molecular complexity index is 986. The fourth-order valence-electron chi connectivity index (χ4n) is 2.98. The van der Waals surface area contributed by atoms with Crippen molar-refractivity contribution in [1.82, 2.24) is 9.55 Å². The van der Waals surface area contributed by atoms with Gasteiger partial charge in [0.1, 0.15) is 5.82 Å². The Labute approximate surface area is 168 Å². The molecule has 0 fully saturated rings. The molecule has 0 amide bonds. The van der Waals surface area contributed by atoms with E-state index >= 15 is 0 Å². The Morgan fingerprint density at radius 2 is 1.74 bits per heavy atom. The molecule has 27 heavy (non-hydrogen) atoms. The third kappa shape index (κ3) is 4.34. The number of imidazole rings is 1. The van der Waals surface area contributed by atoms with Gasteiger partial charge in [-0.1, -0.05) is 56.1 Å². The van der Waals surface area contributed by atoms with Crippen molar-refractivity contribution >= 4 is 29.2 Å². The SMILES string of the molecule is CC(C)(C)Cc1nc(C(=O)O)c(-c2cccc(Cl)c2)n1-c1ccc(Cl)cc1. The van der Waals surface area contributed by atoms with Gasteiger partial charge in [-0.3, -0.25) is 4.57 Å². The Kier molecular flexibility index (Phi) is 5.31. The molecule has 0 unspecified atom stereocenters. The number of hydrogen-bond donors (Lipinski definition) is 1. The van der Waals surface area contributed by atoms with Crippen LogP contribution in [-0.4, -0.2) is 20.6 Å². The van der Waals surface area contributed by atoms with Gasteiger partial charge < -0.3 is 5.11 Å². The van der Waals surface area contributed by atoms with Gasteiger partial charge in [-0.2, -0.15) is 0 Å². The van der Waals surface area contributed by atoms with Gasteiger partial charge in [-0.25, -0.2) is 9.78 Å². The lowest BCUT2D eigenvalue weighted by Gasteiger charge is -2.20. The highest BCUT2D eigenvalue weighted by Crippen LogP contribution is 2.33. The molecular formula is C21H20Cl2N2O2. The van der Waals surface area contributed by atoms with Crippen molar-refractivity contribution in [3.63, 3.8) is 0 Å². The van der Waals surface area contributed by atoms with Crippen LogP contribution in [0.4, 0.5) is 0 Å². The van der Waals surface area contributed by atoms with Crippen molar-refractivity contribution in [3.8, 4) is 16.9 Å². The van der Waals surface area contributed by atoms with E-state index in [4.69, 9.17) is 23.2 Å². The molecule has 0 bridgehead atoms. The quantitative estimate of drug-likeness (QED) is 0.570. The van der Waals surface area contributed by atoms with E-state index in [-0.39, 0.29) is 11.1 Å². The van der Waals surface area contributed by atoms with Crippen LogP contribution in [0.3, 0.4) is 0 Å². The van der Waals surface area contributed by atoms with Crippen LogP contribution >= 0.6 is 23.2 Å². The highest BCUT2D eigenvalue weighted by molar-refractivity contribution is 6.31. The first kappa shape index (κ1) is 19.5. The van der Waals surface area contributed by atoms with E-state index in [2.05, 4.69) is 25.8 Å². The average molecular weight is 403 g/mol. The number of aromatic nitrogens is 2. The Morgan fingerprint density at radius 3 is 2.30 bits per heavy atom. The summed E-state index contributed by atoms with van der Waals surface area (Å²) in [4.78, 5) is 16.5. The maximum Gasteiger partial charge on any atom is 0.356 e. The first-order valence-electron chi connectivity index (χ1n) is 8.52. The number of aromatic carboxylic acids is 1. The summed E-state index contributed by atoms with van der Waals surface area (Å²) < 4.78 is 1.89. The third-order valence-electron chi connectivity index (χ3n) is 4.02. The number of halogens is 2. The van der Waals surface area contributed by atoms with Crippen LogP contribution < -0.4 is 0 Å². The van der Waals surface area contributed by atoms with Crippen LogP contribution in [-0.2, 0) is 6.42 Å². The maximum absolute atomic E-state index is 12.0. The van der Waals surface area contributed by atoms with Crippen molar-refractivity contribution in [3.05, 3.63) is 70.1 Å². The molecule has 1 N–H and O–H groups in total. The molecule has 3 rings (SSSR count). The van der Waals surface area contributed by atoms with Gasteiger partial charge in [0.05, 0.1) is 5.69 Å². The van der Waals surface area contributed by atoms with E-state index in [1.807, 2.05) is 22.8 Å². The summed E-state index contributed by atoms with van der Waals surface area (Å²) in [6.45, 7) is 6.27. The summed E-state index contributed by atoms with van der Waals surface area (Å²) in [6, 6.07) is 14.4. The number of rotatable bonds is 4. The maximum atomic E-state index is 12.0. The van der Waals surface area contributed by atoms with Gasteiger partial charge in [-0.05, 0) is 41.8 Å². The molecule has 140 valence electrons. The standard InChI is InChI=1S/C21H20Cl2N2O2/c1-21(2,3)12-17-24-18(20(26)27)19(13-5-4-6-15(23)11-13)25(17)16-9-7-14(22)8-10-16/h4-11H,12H2,1-3H3,(H,26,27). The first-order valence-corrected chi connectivity index (χ1v) is 9.28. The van der Waals surface area contributed by atoms with Crippen molar-refractivity contribution in [2.24, 2.45) is 5.41 Å². The van der Waals surface area contributed by atoms with Crippen LogP contribution in [0.2, 0.25) is 10.0 Å². The largest absolute Gasteiger partial charge is 0.476 e. The Balaban J connectivity index is 2.34. The van der Waals surface area contributed by atoms with Crippen LogP contribution in [0.5, 0.6) is 0 Å². The summed E-state index contributed by atoms with van der Waals surface area (Å²) in [5, 5.41) is 10.9. The van der Waals surface area contributed by atoms with E-state index in [1.54, 1.807) is 30.3 Å². The normalized spacial score (nSPS) is 11.6. The second-order valence-electron chi connectivity index (χ2n) is 7.59. The molecule has 0 spiro atoms. The molecule has 2 aromatic carbocycles. The second-order valence-corrected chi connectivity index (χ2v) is 8.46. The molecule has 0 aliphatic carbocycles. The summed E-state index contributed by atoms with van der Waals surface area (Å²) in [5.74, 6) is -0.398. The zero-order valence-corrected chi connectivity index (χ0v) is 16.8. The van der Waals surface area contributed by atoms with Gasteiger partial charge in [0, 0.05) is 27.7 Å². The molecule has 0 radical (unpaired) electrons. The van der Waals surface area contributed by atoms with E-state index in [9.17, 15) is 9.90 Å². The third-order valence-corrected chi connectivity index (χ3v) is 4.51. The molecule has 1 aromatic heterocycles. The molecule has 1 heterocycles. The smallest absolute Gasteiger partial charge is 0.356 e. The minimum Gasteiger partial charge on any atom is -0.476 e. The summed E-state index contributed by atoms with van der Waals surface area (Å²) in [5.41, 5.74) is 1.94. The minimum absolute atomic E-state index is 0.00599. The molecule has 0 atom stereocenters. The average Bonchev–Trinajstić information content (AvgIpc) is 2.93. The van der Waals surface area contributed by atoms with Gasteiger partial charge >= 0.3 is 5.97 Å². The highest BCUT2D eigenvalue weighted by Gasteiger charge is 2.26. The number of carboxylic acid groups (broad SMARTS) is 1. The predicted molar refractivity (Wildman–Crippen MR) is 109 cm³/mol. The summed E-state index contributed by atoms with van der Waals surface area (Å²) in [6.07, 6.45) is 0.608. The van der Waals surface area contributed by atoms with Crippen LogP contribution in [0, 0.1) is 5.41 Å². The van der Waals surface area contributed by atoms with Crippen LogP contribution in [0.15, 0.2) is 48.5 Å². The fraction of sp³-hybridized carbons (Fsp3) is 0.238. The number of carbonyl (C=O) groups is 1. The molecule has 3 aromatic rings. The summed E-state index contributed by atoms with van der Waals surface area (Å²) >= 11 is 12.2. The van der Waals surface area contributed by atoms with Gasteiger partial charge in [-0.15, -0.1) is 0 Å². The lowest BCUT2D eigenvalue weighted by Crippen LogP contribution is -2.14. The minimum atomic E-state index is -1.08. The zero-order chi connectivity index (χ0) is 19.8. The van der Waals surface area contributed by atoms with E-state index in [1.165, 1.54) is 0 Å². The van der Waals surface area contributed by atoms with Gasteiger partial charge in [0.25, 0.3) is 0 Å². The van der Waals surface area contributed by atoms with Crippen LogP contribution in [0.25, 0.3) is 16.9 Å². The molecular weight excluding hydrogens is 383 g/mol. The number of carboxylic acids is 1. The van der Waals surface area contributed by atoms with E-state index in [0.29, 0.717) is 33.5 Å². The Morgan fingerprint density at radius 1 is 1.07 bits per heavy atom. The molecule has 0 aliphatic rings. The molecule has 0 saturated carbocycles. The molecule has 6 heteroatoms. The van der Waals surface area contributed by atoms with Gasteiger partial charge in [0.15, 0.2) is 5.69 Å². The number of benzene rings is 2. The van der Waals surface area contributed by atoms with Crippen molar-refractivity contribution in [2.75, 3.05) is 0 Å². The number of nitrogens with zero attached hydrogens (tertiary/aromatic N) is 2. The Hall–Kier alpha value is -2.30. The van der Waals surface area contributed by atoms with Crippen molar-refractivity contribution in [2.45, 2.75) is 27.2 Å². The highest BCUT2D eigenvalue weighted by atomic mass is 35.5. The van der Waals surface area contributed by atoms with Crippen molar-refractivity contribution in [1.29, 1.82) is 0 Å². The molecule has 0 saturated heterocycles. The topological polar surface area (TPSA) is 55.1 Å². The number of hydrogen-bond acceptors (Lipinski definition) is 2. The monoisotopic (exact) mass is 402 g/mol. The predicted octanol–water partition coefficient (Wildman–Crippen LogP) is 6.13. The molecule has 4 nitrogen and oxygen atoms in total. The van der Waals surface area contributed by atoms with Crippen molar-refractivity contribution < 1.29 is 9.90 Å². The lowest BCUT2D eigenvalue weighted by atomic mass is 9.92. The van der Waals surface area contributed by atoms with E-state index < -0.39 is 5.97 Å². The first-order chi connectivity index (χ1) is 12.7. The van der Waals surface area contributed by atoms with Gasteiger partial charge in [0.2, 0.25) is 0 Å². The van der Waals surface area contributed by atoms with Crippen LogP contribution in [0.1, 0.15) is 37.1 Å². The fourth-order valence-corrected chi connectivity index (χ4v) is 3.30. The molecule has 0 aliphatic heterocycles. The second kappa shape index (κ2) is 7.37. The van der Waals surface area contributed by atoms with E-state index in [0.717, 1.165) is 5.69 Å². The zero-order valence-electron chi connectivity index (χ0n) is 15.3.